The Labute approximate surface area is 150 Å². The first-order valence-electron chi connectivity index (χ1n) is 8.72. The summed E-state index contributed by atoms with van der Waals surface area (Å²) in [5.41, 5.74) is 1.44. The van der Waals surface area contributed by atoms with Gasteiger partial charge in [-0.2, -0.15) is 0 Å². The zero-order valence-corrected chi connectivity index (χ0v) is 15.3. The fraction of sp³-hybridized carbons (Fsp3) is 0.450. The third-order valence-electron chi connectivity index (χ3n) is 4.44. The highest BCUT2D eigenvalue weighted by molar-refractivity contribution is 5.43. The second-order valence-electron chi connectivity index (χ2n) is 6.17. The summed E-state index contributed by atoms with van der Waals surface area (Å²) in [5, 5.41) is 13.7. The van der Waals surface area contributed by atoms with Crippen molar-refractivity contribution in [2.75, 3.05) is 13.7 Å². The number of nitrogens with zero attached hydrogens (tertiary/aromatic N) is 1. The number of pyridine rings is 1. The maximum atomic E-state index is 10.3. The number of aliphatic hydroxyl groups is 1. The Bertz CT molecular complexity index is 643. The molecule has 0 spiro atoms. The molecule has 0 aliphatic heterocycles. The standard InChI is InChI=1S/C20H28N2O3/c1-4-20(23,5-2)15-22-12-16-8-9-18(24-3)19(11-16)25-14-17-7-6-10-21-13-17/h6-11,13,22-23H,4-5,12,14-15H2,1-3H3. The second kappa shape index (κ2) is 9.39. The van der Waals surface area contributed by atoms with E-state index in [1.807, 2.05) is 44.2 Å². The SMILES string of the molecule is CCC(O)(CC)CNCc1ccc(OC)c(OCc2cccnc2)c1. The van der Waals surface area contributed by atoms with Gasteiger partial charge in [0.25, 0.3) is 0 Å². The number of rotatable bonds is 10. The van der Waals surface area contributed by atoms with Crippen LogP contribution in [0.15, 0.2) is 42.7 Å². The minimum Gasteiger partial charge on any atom is -0.493 e. The van der Waals surface area contributed by atoms with Gasteiger partial charge in [0.1, 0.15) is 6.61 Å². The van der Waals surface area contributed by atoms with Gasteiger partial charge in [-0.3, -0.25) is 4.98 Å². The summed E-state index contributed by atoms with van der Waals surface area (Å²) in [4.78, 5) is 4.09. The van der Waals surface area contributed by atoms with Crippen LogP contribution in [0, 0.1) is 0 Å². The number of methoxy groups -OCH3 is 1. The van der Waals surface area contributed by atoms with Crippen molar-refractivity contribution in [3.05, 3.63) is 53.9 Å². The summed E-state index contributed by atoms with van der Waals surface area (Å²) in [6.07, 6.45) is 5.00. The molecule has 0 fully saturated rings. The number of hydrogen-bond donors (Lipinski definition) is 2. The first-order chi connectivity index (χ1) is 12.1. The van der Waals surface area contributed by atoms with E-state index in [9.17, 15) is 5.11 Å². The number of aromatic nitrogens is 1. The van der Waals surface area contributed by atoms with Crippen LogP contribution in [0.2, 0.25) is 0 Å². The highest BCUT2D eigenvalue weighted by Gasteiger charge is 2.21. The van der Waals surface area contributed by atoms with Crippen molar-refractivity contribution >= 4 is 0 Å². The van der Waals surface area contributed by atoms with Gasteiger partial charge >= 0.3 is 0 Å². The van der Waals surface area contributed by atoms with E-state index in [0.29, 0.717) is 31.2 Å². The third-order valence-corrected chi connectivity index (χ3v) is 4.44. The number of nitrogens with one attached hydrogen (secondary N) is 1. The Kier molecular flexibility index (Phi) is 7.22. The van der Waals surface area contributed by atoms with Crippen molar-refractivity contribution in [1.29, 1.82) is 0 Å². The lowest BCUT2D eigenvalue weighted by molar-refractivity contribution is 0.0323. The van der Waals surface area contributed by atoms with Gasteiger partial charge in [-0.15, -0.1) is 0 Å². The molecule has 25 heavy (non-hydrogen) atoms. The topological polar surface area (TPSA) is 63.6 Å². The van der Waals surface area contributed by atoms with E-state index >= 15 is 0 Å². The van der Waals surface area contributed by atoms with Crippen LogP contribution in [0.25, 0.3) is 0 Å². The van der Waals surface area contributed by atoms with Gasteiger partial charge in [0.2, 0.25) is 0 Å². The predicted molar refractivity (Wildman–Crippen MR) is 98.8 cm³/mol. The molecular weight excluding hydrogens is 316 g/mol. The van der Waals surface area contributed by atoms with Crippen LogP contribution < -0.4 is 14.8 Å². The Morgan fingerprint density at radius 1 is 1.12 bits per heavy atom. The normalized spacial score (nSPS) is 11.4. The zero-order valence-electron chi connectivity index (χ0n) is 15.3. The molecule has 0 radical (unpaired) electrons. The first-order valence-corrected chi connectivity index (χ1v) is 8.72. The van der Waals surface area contributed by atoms with Gasteiger partial charge < -0.3 is 19.9 Å². The van der Waals surface area contributed by atoms with Gasteiger partial charge in [0.15, 0.2) is 11.5 Å². The molecule has 2 N–H and O–H groups in total. The van der Waals surface area contributed by atoms with E-state index in [2.05, 4.69) is 10.3 Å². The Hall–Kier alpha value is -2.11. The van der Waals surface area contributed by atoms with Crippen molar-refractivity contribution in [1.82, 2.24) is 10.3 Å². The van der Waals surface area contributed by atoms with E-state index in [0.717, 1.165) is 24.0 Å². The minimum atomic E-state index is -0.647. The fourth-order valence-corrected chi connectivity index (χ4v) is 2.53. The van der Waals surface area contributed by atoms with E-state index in [-0.39, 0.29) is 0 Å². The Balaban J connectivity index is 1.98. The summed E-state index contributed by atoms with van der Waals surface area (Å²) in [6, 6.07) is 9.74. The highest BCUT2D eigenvalue weighted by atomic mass is 16.5. The smallest absolute Gasteiger partial charge is 0.161 e. The predicted octanol–water partition coefficient (Wildman–Crippen LogP) is 3.31. The Morgan fingerprint density at radius 2 is 1.92 bits per heavy atom. The van der Waals surface area contributed by atoms with Crippen molar-refractivity contribution in [2.24, 2.45) is 0 Å². The summed E-state index contributed by atoms with van der Waals surface area (Å²) in [7, 11) is 1.63. The van der Waals surface area contributed by atoms with Crippen LogP contribution in [0.1, 0.15) is 37.8 Å². The van der Waals surface area contributed by atoms with Crippen molar-refractivity contribution in [2.45, 2.75) is 45.4 Å². The maximum absolute atomic E-state index is 10.3. The van der Waals surface area contributed by atoms with Crippen LogP contribution in [0.4, 0.5) is 0 Å². The molecule has 5 heteroatoms. The van der Waals surface area contributed by atoms with Crippen LogP contribution in [-0.4, -0.2) is 29.3 Å². The first kappa shape index (κ1) is 19.2. The lowest BCUT2D eigenvalue weighted by Gasteiger charge is -2.25. The minimum absolute atomic E-state index is 0.437. The van der Waals surface area contributed by atoms with Crippen LogP contribution in [0.3, 0.4) is 0 Å². The number of hydrogen-bond acceptors (Lipinski definition) is 5. The molecule has 0 amide bonds. The number of benzene rings is 1. The van der Waals surface area contributed by atoms with Crippen LogP contribution >= 0.6 is 0 Å². The molecule has 2 rings (SSSR count). The molecule has 2 aromatic rings. The summed E-state index contributed by atoms with van der Waals surface area (Å²) < 4.78 is 11.3. The fourth-order valence-electron chi connectivity index (χ4n) is 2.53. The van der Waals surface area contributed by atoms with E-state index in [1.165, 1.54) is 0 Å². The van der Waals surface area contributed by atoms with Crippen molar-refractivity contribution in [3.8, 4) is 11.5 Å². The maximum Gasteiger partial charge on any atom is 0.161 e. The lowest BCUT2D eigenvalue weighted by Crippen LogP contribution is -2.39. The molecule has 0 bridgehead atoms. The van der Waals surface area contributed by atoms with E-state index in [4.69, 9.17) is 9.47 Å². The molecule has 136 valence electrons. The van der Waals surface area contributed by atoms with Crippen molar-refractivity contribution in [3.63, 3.8) is 0 Å². The Morgan fingerprint density at radius 3 is 2.56 bits per heavy atom. The van der Waals surface area contributed by atoms with Crippen molar-refractivity contribution < 1.29 is 14.6 Å². The molecule has 0 saturated heterocycles. The lowest BCUT2D eigenvalue weighted by atomic mass is 9.97. The average Bonchev–Trinajstić information content (AvgIpc) is 2.67. The van der Waals surface area contributed by atoms with Gasteiger partial charge in [0, 0.05) is 31.0 Å². The monoisotopic (exact) mass is 344 g/mol. The van der Waals surface area contributed by atoms with Crippen LogP contribution in [0.5, 0.6) is 11.5 Å². The van der Waals surface area contributed by atoms with Gasteiger partial charge in [-0.25, -0.2) is 0 Å². The molecule has 5 nitrogen and oxygen atoms in total. The molecule has 0 unspecified atom stereocenters. The molecule has 1 aromatic carbocycles. The largest absolute Gasteiger partial charge is 0.493 e. The average molecular weight is 344 g/mol. The molecule has 0 aliphatic carbocycles. The zero-order chi connectivity index (χ0) is 18.1. The van der Waals surface area contributed by atoms with E-state index < -0.39 is 5.60 Å². The van der Waals surface area contributed by atoms with Gasteiger partial charge in [-0.1, -0.05) is 26.0 Å². The van der Waals surface area contributed by atoms with Crippen LogP contribution in [-0.2, 0) is 13.2 Å². The quantitative estimate of drug-likeness (QED) is 0.692. The third kappa shape index (κ3) is 5.73. The highest BCUT2D eigenvalue weighted by Crippen LogP contribution is 2.29. The second-order valence-corrected chi connectivity index (χ2v) is 6.17. The molecule has 0 atom stereocenters. The summed E-state index contributed by atoms with van der Waals surface area (Å²) in [6.45, 7) is 5.67. The molecular formula is C20H28N2O3. The molecule has 1 aromatic heterocycles. The summed E-state index contributed by atoms with van der Waals surface area (Å²) >= 11 is 0. The number of ether oxygens (including phenoxy) is 2. The molecule has 0 saturated carbocycles. The van der Waals surface area contributed by atoms with E-state index in [1.54, 1.807) is 19.5 Å². The summed E-state index contributed by atoms with van der Waals surface area (Å²) in [5.74, 6) is 1.40. The van der Waals surface area contributed by atoms with Gasteiger partial charge in [-0.05, 0) is 36.6 Å². The molecule has 0 aliphatic rings. The van der Waals surface area contributed by atoms with Gasteiger partial charge in [0.05, 0.1) is 12.7 Å². The molecule has 1 heterocycles.